The summed E-state index contributed by atoms with van der Waals surface area (Å²) in [5, 5.41) is 0.576. The number of amides is 1. The van der Waals surface area contributed by atoms with E-state index in [1.807, 2.05) is 43.3 Å². The van der Waals surface area contributed by atoms with Gasteiger partial charge in [0.1, 0.15) is 5.75 Å². The zero-order chi connectivity index (χ0) is 20.7. The lowest BCUT2D eigenvalue weighted by Gasteiger charge is -2.19. The molecule has 1 amide bonds. The average Bonchev–Trinajstić information content (AvgIpc) is 2.67. The highest BCUT2D eigenvalue weighted by molar-refractivity contribution is 6.30. The molecule has 0 aliphatic carbocycles. The predicted octanol–water partition coefficient (Wildman–Crippen LogP) is 3.38. The van der Waals surface area contributed by atoms with Gasteiger partial charge in [-0.25, -0.2) is 4.79 Å². The van der Waals surface area contributed by atoms with Crippen LogP contribution >= 0.6 is 11.6 Å². The molecule has 2 aromatic carbocycles. The van der Waals surface area contributed by atoms with Crippen LogP contribution in [0.1, 0.15) is 12.5 Å². The Labute approximate surface area is 170 Å². The van der Waals surface area contributed by atoms with Crippen molar-refractivity contribution in [2.24, 2.45) is 0 Å². The summed E-state index contributed by atoms with van der Waals surface area (Å²) in [6, 6.07) is 14.6. The molecule has 0 heterocycles. The number of likely N-dealkylation sites (N-methyl/N-ethyl adjacent to an activating group) is 1. The van der Waals surface area contributed by atoms with E-state index in [4.69, 9.17) is 21.1 Å². The van der Waals surface area contributed by atoms with Gasteiger partial charge in [0.05, 0.1) is 0 Å². The number of ether oxygens (including phenoxy) is 2. The van der Waals surface area contributed by atoms with E-state index >= 15 is 0 Å². The first-order valence-electron chi connectivity index (χ1n) is 8.85. The molecule has 1 atom stereocenters. The molecule has 0 bridgehead atoms. The molecule has 150 valence electrons. The Bertz CT molecular complexity index is 791. The van der Waals surface area contributed by atoms with Crippen LogP contribution in [0.5, 0.6) is 5.75 Å². The summed E-state index contributed by atoms with van der Waals surface area (Å²) in [5.41, 5.74) is 2.08. The van der Waals surface area contributed by atoms with Crippen LogP contribution in [0.2, 0.25) is 5.02 Å². The van der Waals surface area contributed by atoms with E-state index in [1.54, 1.807) is 38.2 Å². The van der Waals surface area contributed by atoms with Gasteiger partial charge in [0.15, 0.2) is 12.7 Å². The molecule has 2 rings (SSSR count). The molecule has 28 heavy (non-hydrogen) atoms. The number of anilines is 1. The molecular weight excluding hydrogens is 380 g/mol. The highest BCUT2D eigenvalue weighted by Crippen LogP contribution is 2.17. The van der Waals surface area contributed by atoms with Crippen LogP contribution < -0.4 is 9.64 Å². The Kier molecular flexibility index (Phi) is 7.70. The van der Waals surface area contributed by atoms with Crippen molar-refractivity contribution in [2.45, 2.75) is 19.6 Å². The number of hydrogen-bond acceptors (Lipinski definition) is 5. The van der Waals surface area contributed by atoms with Crippen LogP contribution in [0.4, 0.5) is 5.69 Å². The first-order chi connectivity index (χ1) is 13.3. The van der Waals surface area contributed by atoms with Gasteiger partial charge in [0, 0.05) is 38.4 Å². The molecule has 0 fully saturated rings. The maximum atomic E-state index is 12.2. The van der Waals surface area contributed by atoms with E-state index in [0.717, 1.165) is 11.3 Å². The normalized spacial score (nSPS) is 11.5. The molecule has 0 saturated heterocycles. The molecule has 0 aliphatic rings. The van der Waals surface area contributed by atoms with Crippen molar-refractivity contribution >= 4 is 29.2 Å². The minimum absolute atomic E-state index is 0.288. The van der Waals surface area contributed by atoms with Crippen LogP contribution in [0, 0.1) is 0 Å². The topological polar surface area (TPSA) is 59.1 Å². The van der Waals surface area contributed by atoms with Gasteiger partial charge in [-0.1, -0.05) is 23.7 Å². The number of esters is 1. The zero-order valence-electron chi connectivity index (χ0n) is 16.5. The van der Waals surface area contributed by atoms with Gasteiger partial charge in [-0.15, -0.1) is 0 Å². The van der Waals surface area contributed by atoms with Crippen LogP contribution in [0.15, 0.2) is 48.5 Å². The molecule has 0 N–H and O–H groups in total. The molecular formula is C21H25ClN2O4. The third-order valence-electron chi connectivity index (χ3n) is 4.09. The van der Waals surface area contributed by atoms with Crippen LogP contribution in [-0.2, 0) is 20.9 Å². The monoisotopic (exact) mass is 404 g/mol. The Morgan fingerprint density at radius 2 is 1.61 bits per heavy atom. The summed E-state index contributed by atoms with van der Waals surface area (Å²) in [4.78, 5) is 27.8. The third-order valence-corrected chi connectivity index (χ3v) is 4.35. The number of carbonyl (C=O) groups is 2. The van der Waals surface area contributed by atoms with E-state index in [9.17, 15) is 9.59 Å². The van der Waals surface area contributed by atoms with Crippen LogP contribution in [0.25, 0.3) is 0 Å². The minimum Gasteiger partial charge on any atom is -0.479 e. The van der Waals surface area contributed by atoms with Crippen LogP contribution in [0.3, 0.4) is 0 Å². The molecule has 7 heteroatoms. The largest absolute Gasteiger partial charge is 0.479 e. The second-order valence-electron chi connectivity index (χ2n) is 6.63. The van der Waals surface area contributed by atoms with E-state index in [-0.39, 0.29) is 12.5 Å². The summed E-state index contributed by atoms with van der Waals surface area (Å²) in [6.45, 7) is 1.66. The number of carbonyl (C=O) groups excluding carboxylic acids is 2. The van der Waals surface area contributed by atoms with Crippen molar-refractivity contribution < 1.29 is 19.1 Å². The zero-order valence-corrected chi connectivity index (χ0v) is 17.3. The lowest BCUT2D eigenvalue weighted by atomic mass is 10.2. The molecule has 2 aromatic rings. The Balaban J connectivity index is 1.79. The third kappa shape index (κ3) is 6.46. The van der Waals surface area contributed by atoms with Crippen molar-refractivity contribution in [2.75, 3.05) is 32.6 Å². The molecule has 0 radical (unpaired) electrons. The standard InChI is InChI=1S/C21H25ClN2O4/c1-15(28-19-11-7-17(22)8-12-19)21(26)27-14-20(25)24(4)13-16-5-9-18(10-6-16)23(2)3/h5-12,15H,13-14H2,1-4H3/t15-/m1/s1. The summed E-state index contributed by atoms with van der Waals surface area (Å²) >= 11 is 5.81. The van der Waals surface area contributed by atoms with E-state index in [1.165, 1.54) is 4.90 Å². The molecule has 0 saturated carbocycles. The number of halogens is 1. The van der Waals surface area contributed by atoms with Crippen molar-refractivity contribution in [3.8, 4) is 5.75 Å². The summed E-state index contributed by atoms with van der Waals surface area (Å²) in [6.07, 6.45) is -0.835. The number of benzene rings is 2. The highest BCUT2D eigenvalue weighted by atomic mass is 35.5. The second kappa shape index (κ2) is 9.99. The summed E-state index contributed by atoms with van der Waals surface area (Å²) in [7, 11) is 5.61. The van der Waals surface area contributed by atoms with Gasteiger partial charge in [0.25, 0.3) is 5.91 Å². The van der Waals surface area contributed by atoms with Gasteiger partial charge in [-0.2, -0.15) is 0 Å². The second-order valence-corrected chi connectivity index (χ2v) is 7.07. The van der Waals surface area contributed by atoms with Crippen molar-refractivity contribution in [1.82, 2.24) is 4.90 Å². The maximum Gasteiger partial charge on any atom is 0.347 e. The molecule has 0 aliphatic heterocycles. The van der Waals surface area contributed by atoms with E-state index in [0.29, 0.717) is 17.3 Å². The smallest absolute Gasteiger partial charge is 0.347 e. The SMILES string of the molecule is C[C@@H](Oc1ccc(Cl)cc1)C(=O)OCC(=O)N(C)Cc1ccc(N(C)C)cc1. The number of nitrogens with zero attached hydrogens (tertiary/aromatic N) is 2. The summed E-state index contributed by atoms with van der Waals surface area (Å²) in [5.74, 6) is -0.394. The van der Waals surface area contributed by atoms with Crippen LogP contribution in [-0.4, -0.2) is 50.6 Å². The fourth-order valence-electron chi connectivity index (χ4n) is 2.39. The Hall–Kier alpha value is -2.73. The minimum atomic E-state index is -0.835. The Morgan fingerprint density at radius 3 is 2.18 bits per heavy atom. The number of rotatable bonds is 8. The van der Waals surface area contributed by atoms with Gasteiger partial charge in [-0.05, 0) is 48.9 Å². The highest BCUT2D eigenvalue weighted by Gasteiger charge is 2.19. The average molecular weight is 405 g/mol. The fraction of sp³-hybridized carbons (Fsp3) is 0.333. The fourth-order valence-corrected chi connectivity index (χ4v) is 2.51. The summed E-state index contributed by atoms with van der Waals surface area (Å²) < 4.78 is 10.6. The first kappa shape index (κ1) is 21.6. The quantitative estimate of drug-likeness (QED) is 0.631. The van der Waals surface area contributed by atoms with Crippen molar-refractivity contribution in [3.05, 3.63) is 59.1 Å². The Morgan fingerprint density at radius 1 is 1.00 bits per heavy atom. The maximum absolute atomic E-state index is 12.2. The lowest BCUT2D eigenvalue weighted by molar-refractivity contribution is -0.157. The van der Waals surface area contributed by atoms with Gasteiger partial charge < -0.3 is 19.3 Å². The molecule has 0 unspecified atom stereocenters. The lowest BCUT2D eigenvalue weighted by Crippen LogP contribution is -2.34. The first-order valence-corrected chi connectivity index (χ1v) is 9.23. The van der Waals surface area contributed by atoms with E-state index < -0.39 is 12.1 Å². The predicted molar refractivity (Wildman–Crippen MR) is 110 cm³/mol. The van der Waals surface area contributed by atoms with Crippen molar-refractivity contribution in [3.63, 3.8) is 0 Å². The van der Waals surface area contributed by atoms with Gasteiger partial charge in [0.2, 0.25) is 0 Å². The van der Waals surface area contributed by atoms with E-state index in [2.05, 4.69) is 0 Å². The molecule has 0 spiro atoms. The molecule has 6 nitrogen and oxygen atoms in total. The van der Waals surface area contributed by atoms with Gasteiger partial charge in [-0.3, -0.25) is 4.79 Å². The van der Waals surface area contributed by atoms with Gasteiger partial charge >= 0.3 is 5.97 Å². The van der Waals surface area contributed by atoms with Crippen molar-refractivity contribution in [1.29, 1.82) is 0 Å². The molecule has 0 aromatic heterocycles. The number of hydrogen-bond donors (Lipinski definition) is 0.